The lowest BCUT2D eigenvalue weighted by Gasteiger charge is -2.29. The maximum atomic E-state index is 9.29. The van der Waals surface area contributed by atoms with Crippen molar-refractivity contribution in [2.45, 2.75) is 31.7 Å². The smallest absolute Gasteiger partial charge is 0.0536 e. The molecular weight excluding hydrogens is 318 g/mol. The van der Waals surface area contributed by atoms with Crippen molar-refractivity contribution in [2.24, 2.45) is 5.41 Å². The molecule has 2 unspecified atom stereocenters. The number of hydrogen-bond acceptors (Lipinski definition) is 3. The number of benzene rings is 1. The molecule has 1 heterocycles. The molecule has 0 bridgehead atoms. The summed E-state index contributed by atoms with van der Waals surface area (Å²) in [6.07, 6.45) is 4.18. The second kappa shape index (κ2) is 6.14. The van der Waals surface area contributed by atoms with Gasteiger partial charge in [0.15, 0.2) is 0 Å². The molecule has 110 valence electrons. The van der Waals surface area contributed by atoms with E-state index in [1.54, 1.807) is 0 Å². The van der Waals surface area contributed by atoms with Gasteiger partial charge in [0.05, 0.1) is 6.61 Å². The van der Waals surface area contributed by atoms with Crippen LogP contribution in [-0.2, 0) is 11.2 Å². The third kappa shape index (κ3) is 2.80. The third-order valence-electron chi connectivity index (χ3n) is 4.76. The van der Waals surface area contributed by atoms with Crippen LogP contribution in [0.5, 0.6) is 0 Å². The number of ether oxygens (including phenoxy) is 1. The van der Waals surface area contributed by atoms with Gasteiger partial charge >= 0.3 is 0 Å². The van der Waals surface area contributed by atoms with Crippen molar-refractivity contribution >= 4 is 15.9 Å². The lowest BCUT2D eigenvalue weighted by atomic mass is 9.83. The van der Waals surface area contributed by atoms with E-state index in [1.807, 2.05) is 0 Å². The highest BCUT2D eigenvalue weighted by atomic mass is 79.9. The summed E-state index contributed by atoms with van der Waals surface area (Å²) in [5, 5.41) is 13.0. The van der Waals surface area contributed by atoms with E-state index in [-0.39, 0.29) is 12.0 Å². The fourth-order valence-corrected chi connectivity index (χ4v) is 4.05. The summed E-state index contributed by atoms with van der Waals surface area (Å²) in [7, 11) is 0. The van der Waals surface area contributed by atoms with E-state index in [1.165, 1.54) is 15.6 Å². The summed E-state index contributed by atoms with van der Waals surface area (Å²) in [5.74, 6) is 0. The Morgan fingerprint density at radius 2 is 2.35 bits per heavy atom. The molecule has 20 heavy (non-hydrogen) atoms. The van der Waals surface area contributed by atoms with Crippen LogP contribution >= 0.6 is 15.9 Å². The Morgan fingerprint density at radius 1 is 1.45 bits per heavy atom. The zero-order chi connectivity index (χ0) is 14.0. The molecule has 1 aliphatic carbocycles. The topological polar surface area (TPSA) is 41.5 Å². The van der Waals surface area contributed by atoms with Gasteiger partial charge in [0.25, 0.3) is 0 Å². The third-order valence-corrected chi connectivity index (χ3v) is 5.51. The molecule has 1 aliphatic heterocycles. The van der Waals surface area contributed by atoms with Gasteiger partial charge in [-0.1, -0.05) is 28.1 Å². The number of rotatable bonds is 5. The molecule has 0 aromatic heterocycles. The van der Waals surface area contributed by atoms with Gasteiger partial charge in [0.2, 0.25) is 0 Å². The van der Waals surface area contributed by atoms with Crippen LogP contribution in [0.15, 0.2) is 22.7 Å². The first-order chi connectivity index (χ1) is 9.74. The highest BCUT2D eigenvalue weighted by molar-refractivity contribution is 9.10. The molecule has 0 radical (unpaired) electrons. The first-order valence-corrected chi connectivity index (χ1v) is 8.23. The van der Waals surface area contributed by atoms with E-state index in [4.69, 9.17) is 4.74 Å². The molecule has 2 N–H and O–H groups in total. The van der Waals surface area contributed by atoms with Crippen LogP contribution < -0.4 is 5.32 Å². The number of fused-ring (bicyclic) bond motifs is 1. The molecule has 4 heteroatoms. The minimum absolute atomic E-state index is 0.128. The van der Waals surface area contributed by atoms with Crippen LogP contribution in [0.4, 0.5) is 0 Å². The minimum Gasteiger partial charge on any atom is -0.396 e. The SMILES string of the molecule is OCCC1(CNC2CCc3c(Br)cccc32)CCOC1. The Balaban J connectivity index is 1.67. The predicted octanol–water partition coefficient (Wildman–Crippen LogP) is 2.82. The molecular formula is C16H22BrNO2. The molecule has 1 fully saturated rings. The summed E-state index contributed by atoms with van der Waals surface area (Å²) in [6, 6.07) is 6.91. The van der Waals surface area contributed by atoms with Gasteiger partial charge in [-0.05, 0) is 42.9 Å². The van der Waals surface area contributed by atoms with Gasteiger partial charge in [-0.15, -0.1) is 0 Å². The molecule has 1 aromatic carbocycles. The van der Waals surface area contributed by atoms with Crippen LogP contribution in [0.3, 0.4) is 0 Å². The largest absolute Gasteiger partial charge is 0.396 e. The van der Waals surface area contributed by atoms with Crippen LogP contribution in [0.1, 0.15) is 36.4 Å². The summed E-state index contributed by atoms with van der Waals surface area (Å²) in [5.41, 5.74) is 3.00. The molecule has 3 rings (SSSR count). The van der Waals surface area contributed by atoms with Crippen molar-refractivity contribution in [1.29, 1.82) is 0 Å². The second-order valence-electron chi connectivity index (χ2n) is 6.06. The van der Waals surface area contributed by atoms with E-state index in [2.05, 4.69) is 39.4 Å². The quantitative estimate of drug-likeness (QED) is 0.866. The first-order valence-electron chi connectivity index (χ1n) is 7.43. The van der Waals surface area contributed by atoms with Gasteiger partial charge in [-0.25, -0.2) is 0 Å². The Hall–Kier alpha value is -0.420. The molecule has 3 nitrogen and oxygen atoms in total. The van der Waals surface area contributed by atoms with Crippen molar-refractivity contribution in [3.63, 3.8) is 0 Å². The van der Waals surface area contributed by atoms with Gasteiger partial charge < -0.3 is 15.2 Å². The van der Waals surface area contributed by atoms with E-state index < -0.39 is 0 Å². The summed E-state index contributed by atoms with van der Waals surface area (Å²) in [4.78, 5) is 0. The standard InChI is InChI=1S/C16H22BrNO2/c17-14-3-1-2-13-12(14)4-5-15(13)18-10-16(6-8-19)7-9-20-11-16/h1-3,15,18-19H,4-11H2. The fraction of sp³-hybridized carbons (Fsp3) is 0.625. The molecule has 0 saturated carbocycles. The van der Waals surface area contributed by atoms with Gasteiger partial charge in [-0.2, -0.15) is 0 Å². The number of aliphatic hydroxyl groups excluding tert-OH is 1. The van der Waals surface area contributed by atoms with Crippen molar-refractivity contribution in [3.8, 4) is 0 Å². The lowest BCUT2D eigenvalue weighted by Crippen LogP contribution is -2.37. The van der Waals surface area contributed by atoms with E-state index in [0.717, 1.165) is 45.4 Å². The van der Waals surface area contributed by atoms with Gasteiger partial charge in [-0.3, -0.25) is 0 Å². The summed E-state index contributed by atoms with van der Waals surface area (Å²) < 4.78 is 6.79. The molecule has 0 spiro atoms. The number of nitrogens with one attached hydrogen (secondary N) is 1. The van der Waals surface area contributed by atoms with Gasteiger partial charge in [0, 0.05) is 35.7 Å². The molecule has 1 saturated heterocycles. The van der Waals surface area contributed by atoms with Gasteiger partial charge in [0.1, 0.15) is 0 Å². The first kappa shape index (κ1) is 14.5. The van der Waals surface area contributed by atoms with Crippen LogP contribution in [0.25, 0.3) is 0 Å². The minimum atomic E-state index is 0.128. The summed E-state index contributed by atoms with van der Waals surface area (Å²) in [6.45, 7) is 2.79. The highest BCUT2D eigenvalue weighted by Gasteiger charge is 2.35. The van der Waals surface area contributed by atoms with E-state index >= 15 is 0 Å². The number of hydrogen-bond donors (Lipinski definition) is 2. The average Bonchev–Trinajstić information content (AvgIpc) is 3.05. The molecule has 0 amide bonds. The van der Waals surface area contributed by atoms with Crippen molar-refractivity contribution in [2.75, 3.05) is 26.4 Å². The van der Waals surface area contributed by atoms with E-state index in [0.29, 0.717) is 6.04 Å². The monoisotopic (exact) mass is 339 g/mol. The van der Waals surface area contributed by atoms with Crippen LogP contribution in [0.2, 0.25) is 0 Å². The maximum absolute atomic E-state index is 9.29. The normalized spacial score (nSPS) is 28.8. The molecule has 2 atom stereocenters. The maximum Gasteiger partial charge on any atom is 0.0536 e. The Kier molecular flexibility index (Phi) is 4.46. The average molecular weight is 340 g/mol. The number of halogens is 1. The predicted molar refractivity (Wildman–Crippen MR) is 82.8 cm³/mol. The number of aliphatic hydroxyl groups is 1. The van der Waals surface area contributed by atoms with E-state index in [9.17, 15) is 5.11 Å². The zero-order valence-electron chi connectivity index (χ0n) is 11.7. The molecule has 2 aliphatic rings. The fourth-order valence-electron chi connectivity index (χ4n) is 3.47. The zero-order valence-corrected chi connectivity index (χ0v) is 13.3. The second-order valence-corrected chi connectivity index (χ2v) is 6.91. The van der Waals surface area contributed by atoms with Crippen LogP contribution in [0, 0.1) is 5.41 Å². The Labute approximate surface area is 128 Å². The Bertz CT molecular complexity index is 472. The van der Waals surface area contributed by atoms with Crippen molar-refractivity contribution in [1.82, 2.24) is 5.32 Å². The molecule has 1 aromatic rings. The van der Waals surface area contributed by atoms with Crippen molar-refractivity contribution < 1.29 is 9.84 Å². The lowest BCUT2D eigenvalue weighted by molar-refractivity contribution is 0.122. The highest BCUT2D eigenvalue weighted by Crippen LogP contribution is 2.37. The summed E-state index contributed by atoms with van der Waals surface area (Å²) >= 11 is 3.65. The van der Waals surface area contributed by atoms with Crippen molar-refractivity contribution in [3.05, 3.63) is 33.8 Å². The Morgan fingerprint density at radius 3 is 3.10 bits per heavy atom. The van der Waals surface area contributed by atoms with Crippen LogP contribution in [-0.4, -0.2) is 31.5 Å².